The first kappa shape index (κ1) is 16.1. The van der Waals surface area contributed by atoms with Crippen molar-refractivity contribution in [3.8, 4) is 0 Å². The first-order valence-corrected chi connectivity index (χ1v) is 8.80. The van der Waals surface area contributed by atoms with Gasteiger partial charge in [0, 0.05) is 18.7 Å². The summed E-state index contributed by atoms with van der Waals surface area (Å²) in [6, 6.07) is 0. The number of nitrogens with one attached hydrogen (secondary N) is 2. The number of hydrogen-bond acceptors (Lipinski definition) is 4. The Balaban J connectivity index is 2.13. The van der Waals surface area contributed by atoms with Crippen LogP contribution in [-0.4, -0.2) is 19.0 Å². The van der Waals surface area contributed by atoms with Gasteiger partial charge in [0.2, 0.25) is 0 Å². The highest BCUT2D eigenvalue weighted by Gasteiger charge is 2.32. The summed E-state index contributed by atoms with van der Waals surface area (Å²) in [5.74, 6) is 1.19. The Morgan fingerprint density at radius 2 is 2.10 bits per heavy atom. The summed E-state index contributed by atoms with van der Waals surface area (Å²) < 4.78 is 0. The zero-order chi connectivity index (χ0) is 15.4. The second-order valence-corrected chi connectivity index (χ2v) is 7.25. The average molecular weight is 309 g/mol. The van der Waals surface area contributed by atoms with E-state index in [0.717, 1.165) is 24.4 Å². The summed E-state index contributed by atoms with van der Waals surface area (Å²) in [6.07, 6.45) is 4.44. The molecule has 0 unspecified atom stereocenters. The molecule has 1 saturated carbocycles. The minimum Gasteiger partial charge on any atom is -0.397 e. The Hall–Kier alpha value is -1.23. The van der Waals surface area contributed by atoms with Crippen LogP contribution < -0.4 is 16.4 Å². The molecule has 0 aromatic carbocycles. The Morgan fingerprint density at radius 1 is 1.38 bits per heavy atom. The maximum absolute atomic E-state index is 12.2. The molecule has 4 N–H and O–H groups in total. The molecule has 1 fully saturated rings. The van der Waals surface area contributed by atoms with Gasteiger partial charge >= 0.3 is 0 Å². The third kappa shape index (κ3) is 4.13. The van der Waals surface area contributed by atoms with E-state index >= 15 is 0 Å². The molecule has 0 radical (unpaired) electrons. The van der Waals surface area contributed by atoms with Crippen molar-refractivity contribution in [3.63, 3.8) is 0 Å². The minimum absolute atomic E-state index is 0.0295. The molecule has 2 rings (SSSR count). The van der Waals surface area contributed by atoms with Gasteiger partial charge in [0.25, 0.3) is 5.91 Å². The summed E-state index contributed by atoms with van der Waals surface area (Å²) in [4.78, 5) is 12.9. The first-order chi connectivity index (χ1) is 10.0. The molecule has 0 spiro atoms. The van der Waals surface area contributed by atoms with E-state index in [9.17, 15) is 4.79 Å². The van der Waals surface area contributed by atoms with Crippen molar-refractivity contribution in [2.75, 3.05) is 24.1 Å². The van der Waals surface area contributed by atoms with Gasteiger partial charge in [0.1, 0.15) is 4.88 Å². The number of nitrogen functional groups attached to an aromatic ring is 1. The fourth-order valence-electron chi connectivity index (χ4n) is 2.33. The highest BCUT2D eigenvalue weighted by Crippen LogP contribution is 2.50. The van der Waals surface area contributed by atoms with E-state index in [4.69, 9.17) is 5.73 Å². The van der Waals surface area contributed by atoms with Gasteiger partial charge in [-0.15, -0.1) is 11.3 Å². The van der Waals surface area contributed by atoms with Crippen molar-refractivity contribution in [1.29, 1.82) is 0 Å². The number of rotatable bonds is 8. The molecule has 5 heteroatoms. The number of hydrogen-bond donors (Lipinski definition) is 3. The summed E-state index contributed by atoms with van der Waals surface area (Å²) >= 11 is 1.52. The fraction of sp³-hybridized carbons (Fsp3) is 0.688. The molecule has 1 aliphatic carbocycles. The Morgan fingerprint density at radius 3 is 2.67 bits per heavy atom. The minimum atomic E-state index is -0.0295. The number of carbonyl (C=O) groups excluding carboxylic acids is 1. The van der Waals surface area contributed by atoms with E-state index in [2.05, 4.69) is 24.5 Å². The van der Waals surface area contributed by atoms with Crippen LogP contribution in [0.2, 0.25) is 0 Å². The quantitative estimate of drug-likeness (QED) is 0.684. The maximum atomic E-state index is 12.2. The monoisotopic (exact) mass is 309 g/mol. The van der Waals surface area contributed by atoms with E-state index in [1.54, 1.807) is 0 Å². The first-order valence-electron chi connectivity index (χ1n) is 7.98. The number of thiophene rings is 1. The lowest BCUT2D eigenvalue weighted by molar-refractivity contribution is 0.0958. The smallest absolute Gasteiger partial charge is 0.263 e. The lowest BCUT2D eigenvalue weighted by Crippen LogP contribution is -2.23. The van der Waals surface area contributed by atoms with E-state index in [1.807, 2.05) is 6.92 Å². The topological polar surface area (TPSA) is 67.2 Å². The summed E-state index contributed by atoms with van der Waals surface area (Å²) in [6.45, 7) is 8.12. The summed E-state index contributed by atoms with van der Waals surface area (Å²) in [5.41, 5.74) is 8.14. The highest BCUT2D eigenvalue weighted by atomic mass is 32.1. The van der Waals surface area contributed by atoms with E-state index in [-0.39, 0.29) is 5.91 Å². The second kappa shape index (κ2) is 7.16. The van der Waals surface area contributed by atoms with Crippen LogP contribution in [-0.2, 0) is 0 Å². The summed E-state index contributed by atoms with van der Waals surface area (Å²) in [7, 11) is 0. The van der Waals surface area contributed by atoms with Crippen molar-refractivity contribution in [3.05, 3.63) is 10.4 Å². The molecule has 0 atom stereocenters. The van der Waals surface area contributed by atoms with Crippen molar-refractivity contribution in [2.45, 2.75) is 52.4 Å². The zero-order valence-electron chi connectivity index (χ0n) is 13.3. The molecule has 0 saturated heterocycles. The molecule has 0 bridgehead atoms. The molecule has 4 nitrogen and oxygen atoms in total. The van der Waals surface area contributed by atoms with Gasteiger partial charge in [-0.25, -0.2) is 0 Å². The van der Waals surface area contributed by atoms with Gasteiger partial charge in [-0.05, 0) is 37.5 Å². The molecular formula is C16H27N3OS. The SMILES string of the molecule is CCCNC(=O)c1sc(NCCC(C)C)c(C2CC2)c1N. The third-order valence-corrected chi connectivity index (χ3v) is 4.90. The summed E-state index contributed by atoms with van der Waals surface area (Å²) in [5, 5.41) is 7.53. The molecule has 1 heterocycles. The third-order valence-electron chi connectivity index (χ3n) is 3.72. The predicted octanol–water partition coefficient (Wildman–Crippen LogP) is 3.81. The van der Waals surface area contributed by atoms with Gasteiger partial charge in [-0.2, -0.15) is 0 Å². The molecule has 118 valence electrons. The van der Waals surface area contributed by atoms with Crippen LogP contribution in [0.5, 0.6) is 0 Å². The Bertz CT molecular complexity index is 492. The van der Waals surface area contributed by atoms with E-state index in [1.165, 1.54) is 29.7 Å². The van der Waals surface area contributed by atoms with Gasteiger partial charge in [0.15, 0.2) is 0 Å². The highest BCUT2D eigenvalue weighted by molar-refractivity contribution is 7.18. The van der Waals surface area contributed by atoms with Crippen molar-refractivity contribution >= 4 is 27.9 Å². The average Bonchev–Trinajstić information content (AvgIpc) is 3.21. The maximum Gasteiger partial charge on any atom is 0.263 e. The van der Waals surface area contributed by atoms with Crippen LogP contribution >= 0.6 is 11.3 Å². The fourth-order valence-corrected chi connectivity index (χ4v) is 3.48. The molecule has 0 aliphatic heterocycles. The van der Waals surface area contributed by atoms with Gasteiger partial charge in [0.05, 0.1) is 10.7 Å². The molecular weight excluding hydrogens is 282 g/mol. The van der Waals surface area contributed by atoms with Crippen LogP contribution in [0.3, 0.4) is 0 Å². The van der Waals surface area contributed by atoms with E-state index < -0.39 is 0 Å². The van der Waals surface area contributed by atoms with Crippen molar-refractivity contribution in [1.82, 2.24) is 5.32 Å². The lowest BCUT2D eigenvalue weighted by atomic mass is 10.1. The number of carbonyl (C=O) groups is 1. The zero-order valence-corrected chi connectivity index (χ0v) is 14.1. The Kier molecular flexibility index (Phi) is 5.51. The Labute approximate surface area is 131 Å². The second-order valence-electron chi connectivity index (χ2n) is 6.23. The molecule has 1 amide bonds. The van der Waals surface area contributed by atoms with Crippen LogP contribution in [0.4, 0.5) is 10.7 Å². The van der Waals surface area contributed by atoms with E-state index in [0.29, 0.717) is 28.9 Å². The van der Waals surface area contributed by atoms with Crippen molar-refractivity contribution < 1.29 is 4.79 Å². The van der Waals surface area contributed by atoms with Gasteiger partial charge in [-0.3, -0.25) is 4.79 Å². The molecule has 1 aromatic rings. The molecule has 1 aromatic heterocycles. The van der Waals surface area contributed by atoms with Crippen LogP contribution in [0, 0.1) is 5.92 Å². The number of nitrogens with two attached hydrogens (primary N) is 1. The van der Waals surface area contributed by atoms with Crippen molar-refractivity contribution in [2.24, 2.45) is 5.92 Å². The van der Waals surface area contributed by atoms with Crippen LogP contribution in [0.25, 0.3) is 0 Å². The van der Waals surface area contributed by atoms with Crippen LogP contribution in [0.1, 0.15) is 67.6 Å². The normalized spacial score (nSPS) is 14.5. The predicted molar refractivity (Wildman–Crippen MR) is 91.3 cm³/mol. The largest absolute Gasteiger partial charge is 0.397 e. The van der Waals surface area contributed by atoms with Gasteiger partial charge in [-0.1, -0.05) is 20.8 Å². The standard InChI is InChI=1S/C16H27N3OS/c1-4-8-18-15(20)14-13(17)12(11-5-6-11)16(21-14)19-9-7-10(2)3/h10-11,19H,4-9,17H2,1-3H3,(H,18,20). The van der Waals surface area contributed by atoms with Crippen LogP contribution in [0.15, 0.2) is 0 Å². The van der Waals surface area contributed by atoms with Gasteiger partial charge < -0.3 is 16.4 Å². The number of amides is 1. The molecule has 1 aliphatic rings. The lowest BCUT2D eigenvalue weighted by Gasteiger charge is -2.08. The molecule has 21 heavy (non-hydrogen) atoms. The number of anilines is 2.